The number of sulfonamides is 1. The van der Waals surface area contributed by atoms with Crippen LogP contribution in [0.15, 0.2) is 29.1 Å². The van der Waals surface area contributed by atoms with Crippen LogP contribution in [-0.4, -0.2) is 52.4 Å². The summed E-state index contributed by atoms with van der Waals surface area (Å²) >= 11 is 2.10. The number of benzene rings is 1. The van der Waals surface area contributed by atoms with Gasteiger partial charge in [0, 0.05) is 16.7 Å². The van der Waals surface area contributed by atoms with Crippen molar-refractivity contribution in [3.05, 3.63) is 49.6 Å². The van der Waals surface area contributed by atoms with Gasteiger partial charge < -0.3 is 14.9 Å². The number of aromatic nitrogens is 1. The summed E-state index contributed by atoms with van der Waals surface area (Å²) in [6, 6.07) is 5.86. The molecular formula is C24H31FIN3O7S. The molecule has 1 unspecified atom stereocenters. The first-order valence-corrected chi connectivity index (χ1v) is 14.1. The second-order valence-electron chi connectivity index (χ2n) is 10.2. The van der Waals surface area contributed by atoms with Gasteiger partial charge in [-0.1, -0.05) is 0 Å². The lowest BCUT2D eigenvalue weighted by atomic mass is 10.1. The van der Waals surface area contributed by atoms with Crippen LogP contribution in [0.3, 0.4) is 0 Å². The third-order valence-corrected chi connectivity index (χ3v) is 8.84. The van der Waals surface area contributed by atoms with Crippen molar-refractivity contribution in [1.82, 2.24) is 4.57 Å². The van der Waals surface area contributed by atoms with E-state index in [2.05, 4.69) is 27.3 Å². The molecule has 10 nitrogen and oxygen atoms in total. The minimum absolute atomic E-state index is 0.217. The Morgan fingerprint density at radius 3 is 2.46 bits per heavy atom. The zero-order chi connectivity index (χ0) is 27.9. The van der Waals surface area contributed by atoms with Crippen LogP contribution in [0.25, 0.3) is 0 Å². The topological polar surface area (TPSA) is 138 Å². The molecule has 1 heterocycles. The van der Waals surface area contributed by atoms with Crippen molar-refractivity contribution in [2.24, 2.45) is 7.05 Å². The number of hydrogen-bond donors (Lipinski definition) is 3. The van der Waals surface area contributed by atoms with Crippen LogP contribution in [0, 0.1) is 16.3 Å². The Morgan fingerprint density at radius 2 is 1.95 bits per heavy atom. The smallest absolute Gasteiger partial charge is 0.420 e. The monoisotopic (exact) mass is 651 g/mol. The molecule has 3 N–H and O–H groups in total. The van der Waals surface area contributed by atoms with E-state index < -0.39 is 50.6 Å². The molecule has 1 fully saturated rings. The lowest BCUT2D eigenvalue weighted by molar-refractivity contribution is 0.0597. The maximum atomic E-state index is 14.7. The molecule has 0 aliphatic heterocycles. The van der Waals surface area contributed by atoms with Gasteiger partial charge in [-0.25, -0.2) is 22.5 Å². The minimum atomic E-state index is -4.25. The van der Waals surface area contributed by atoms with Crippen molar-refractivity contribution in [3.8, 4) is 0 Å². The van der Waals surface area contributed by atoms with Gasteiger partial charge in [-0.05, 0) is 93.3 Å². The number of rotatable bonds is 8. The van der Waals surface area contributed by atoms with Gasteiger partial charge in [0.05, 0.1) is 28.8 Å². The molecule has 0 bridgehead atoms. The molecule has 1 aromatic heterocycles. The molecule has 1 atom stereocenters. The van der Waals surface area contributed by atoms with E-state index in [0.717, 1.165) is 19.1 Å². The highest BCUT2D eigenvalue weighted by Crippen LogP contribution is 2.48. The van der Waals surface area contributed by atoms with Gasteiger partial charge in [0.15, 0.2) is 5.82 Å². The summed E-state index contributed by atoms with van der Waals surface area (Å²) in [5.41, 5.74) is -1.45. The Balaban J connectivity index is 2.24. The first-order chi connectivity index (χ1) is 17.0. The molecule has 1 saturated carbocycles. The Morgan fingerprint density at radius 1 is 1.32 bits per heavy atom. The maximum absolute atomic E-state index is 14.7. The van der Waals surface area contributed by atoms with Crippen LogP contribution >= 0.6 is 22.6 Å². The number of aliphatic hydroxyl groups is 2. The van der Waals surface area contributed by atoms with Gasteiger partial charge in [0.1, 0.15) is 11.4 Å². The average Bonchev–Trinajstić information content (AvgIpc) is 3.55. The second kappa shape index (κ2) is 10.5. The van der Waals surface area contributed by atoms with E-state index in [9.17, 15) is 32.6 Å². The van der Waals surface area contributed by atoms with E-state index >= 15 is 0 Å². The number of nitrogens with zero attached hydrogens (tertiary/aromatic N) is 2. The largest absolute Gasteiger partial charge is 0.443 e. The standard InChI is InChI=1S/C24H31FIN3O7S/c1-14-10-15(26)6-7-19(14)29(22(33)36-23(2,3)4)20-18(11-17(25)21(32)28(20)5)27-37(34,35)24(8-9-24)12-16(31)13-30/h6-7,10-11,16,27,30-31H,8-9,12-13H2,1-5H3. The van der Waals surface area contributed by atoms with Gasteiger partial charge >= 0.3 is 6.09 Å². The van der Waals surface area contributed by atoms with Crippen LogP contribution < -0.4 is 15.2 Å². The number of ether oxygens (including phenoxy) is 1. The van der Waals surface area contributed by atoms with Crippen molar-refractivity contribution >= 4 is 55.9 Å². The molecular weight excluding hydrogens is 620 g/mol. The van der Waals surface area contributed by atoms with Gasteiger partial charge in [0.2, 0.25) is 10.0 Å². The quantitative estimate of drug-likeness (QED) is 0.372. The number of anilines is 3. The third-order valence-electron chi connectivity index (χ3n) is 5.97. The lowest BCUT2D eigenvalue weighted by Crippen LogP contribution is -2.39. The summed E-state index contributed by atoms with van der Waals surface area (Å²) in [5.74, 6) is -1.47. The molecule has 0 saturated heterocycles. The van der Waals surface area contributed by atoms with E-state index in [0.29, 0.717) is 11.3 Å². The lowest BCUT2D eigenvalue weighted by Gasteiger charge is -2.31. The van der Waals surface area contributed by atoms with Crippen molar-refractivity contribution in [2.45, 2.75) is 63.4 Å². The summed E-state index contributed by atoms with van der Waals surface area (Å²) < 4.78 is 49.8. The summed E-state index contributed by atoms with van der Waals surface area (Å²) in [6.07, 6.45) is -1.96. The molecule has 1 aromatic carbocycles. The van der Waals surface area contributed by atoms with E-state index in [-0.39, 0.29) is 30.8 Å². The van der Waals surface area contributed by atoms with Crippen LogP contribution in [0.4, 0.5) is 26.4 Å². The molecule has 13 heteroatoms. The zero-order valence-corrected chi connectivity index (χ0v) is 24.2. The summed E-state index contributed by atoms with van der Waals surface area (Å²) in [6.45, 7) is 6.08. The molecule has 1 amide bonds. The first-order valence-electron chi connectivity index (χ1n) is 11.5. The van der Waals surface area contributed by atoms with Gasteiger partial charge in [-0.15, -0.1) is 0 Å². The fourth-order valence-electron chi connectivity index (χ4n) is 3.98. The van der Waals surface area contributed by atoms with Crippen LogP contribution in [0.2, 0.25) is 0 Å². The van der Waals surface area contributed by atoms with Gasteiger partial charge in [-0.2, -0.15) is 0 Å². The predicted octanol–water partition coefficient (Wildman–Crippen LogP) is 3.53. The highest BCUT2D eigenvalue weighted by atomic mass is 127. The number of amides is 1. The number of carbonyl (C=O) groups excluding carboxylic acids is 1. The number of nitrogens with one attached hydrogen (secondary N) is 1. The van der Waals surface area contributed by atoms with Crippen LogP contribution in [0.5, 0.6) is 0 Å². The number of hydrogen-bond acceptors (Lipinski definition) is 7. The van der Waals surface area contributed by atoms with Crippen LogP contribution in [0.1, 0.15) is 45.6 Å². The number of aryl methyl sites for hydroxylation is 1. The number of halogens is 2. The van der Waals surface area contributed by atoms with Crippen molar-refractivity contribution in [1.29, 1.82) is 0 Å². The fourth-order valence-corrected chi connectivity index (χ4v) is 6.34. The van der Waals surface area contributed by atoms with Gasteiger partial charge in [0.25, 0.3) is 5.56 Å². The van der Waals surface area contributed by atoms with Crippen molar-refractivity contribution < 1.29 is 32.6 Å². The highest BCUT2D eigenvalue weighted by Gasteiger charge is 2.55. The highest BCUT2D eigenvalue weighted by molar-refractivity contribution is 14.1. The zero-order valence-electron chi connectivity index (χ0n) is 21.2. The molecule has 3 rings (SSSR count). The van der Waals surface area contributed by atoms with Crippen LogP contribution in [-0.2, 0) is 21.8 Å². The van der Waals surface area contributed by atoms with E-state index in [1.807, 2.05) is 0 Å². The van der Waals surface area contributed by atoms with Crippen molar-refractivity contribution in [2.75, 3.05) is 16.2 Å². The molecule has 204 valence electrons. The maximum Gasteiger partial charge on any atom is 0.420 e. The summed E-state index contributed by atoms with van der Waals surface area (Å²) in [5, 5.41) is 19.1. The minimum Gasteiger partial charge on any atom is -0.443 e. The van der Waals surface area contributed by atoms with E-state index in [4.69, 9.17) is 4.74 Å². The number of carbonyl (C=O) groups is 1. The molecule has 2 aromatic rings. The Hall–Kier alpha value is -2.23. The second-order valence-corrected chi connectivity index (χ2v) is 13.5. The van der Waals surface area contributed by atoms with E-state index in [1.54, 1.807) is 45.9 Å². The number of aliphatic hydroxyl groups excluding tert-OH is 2. The first kappa shape index (κ1) is 29.3. The van der Waals surface area contributed by atoms with Gasteiger partial charge in [-0.3, -0.25) is 14.1 Å². The third kappa shape index (κ3) is 6.26. The molecule has 37 heavy (non-hydrogen) atoms. The number of pyridine rings is 1. The molecule has 0 radical (unpaired) electrons. The molecule has 1 aliphatic rings. The van der Waals surface area contributed by atoms with Crippen molar-refractivity contribution in [3.63, 3.8) is 0 Å². The predicted molar refractivity (Wildman–Crippen MR) is 146 cm³/mol. The Kier molecular flexibility index (Phi) is 8.32. The fraction of sp³-hybridized carbons (Fsp3) is 0.500. The summed E-state index contributed by atoms with van der Waals surface area (Å²) in [7, 11) is -3.03. The SMILES string of the molecule is Cc1cc(I)ccc1N(C(=O)OC(C)(C)C)c1c(NS(=O)(=O)C2(CC(O)CO)CC2)cc(F)c(=O)n1C. The Bertz CT molecular complexity index is 1370. The Labute approximate surface area is 228 Å². The summed E-state index contributed by atoms with van der Waals surface area (Å²) in [4.78, 5) is 27.2. The average molecular weight is 651 g/mol. The molecule has 0 spiro atoms. The normalized spacial score (nSPS) is 15.7. The van der Waals surface area contributed by atoms with E-state index in [1.165, 1.54) is 7.05 Å². The molecule has 1 aliphatic carbocycles.